The van der Waals surface area contributed by atoms with Crippen molar-refractivity contribution in [3.05, 3.63) is 0 Å². The summed E-state index contributed by atoms with van der Waals surface area (Å²) in [4.78, 5) is 50.5. The Bertz CT molecular complexity index is 591. The Hall–Kier alpha value is -2.16. The summed E-state index contributed by atoms with van der Waals surface area (Å²) >= 11 is 0. The van der Waals surface area contributed by atoms with E-state index in [4.69, 9.17) is 0 Å². The average Bonchev–Trinajstić information content (AvgIpc) is 2.55. The maximum atomic E-state index is 12.8. The number of aliphatic hydroxyl groups excluding tert-OH is 1. The Morgan fingerprint density at radius 1 is 0.714 bits per heavy atom. The second-order valence-corrected chi connectivity index (χ2v) is 8.34. The zero-order chi connectivity index (χ0) is 21.6. The van der Waals surface area contributed by atoms with Gasteiger partial charge in [-0.15, -0.1) is 0 Å². The zero-order valence-corrected chi connectivity index (χ0v) is 17.5. The van der Waals surface area contributed by atoms with Gasteiger partial charge in [0.15, 0.2) is 0 Å². The lowest BCUT2D eigenvalue weighted by Gasteiger charge is -2.30. The minimum Gasteiger partial charge on any atom is -0.391 e. The summed E-state index contributed by atoms with van der Waals surface area (Å²) in [6.45, 7) is 10.5. The summed E-state index contributed by atoms with van der Waals surface area (Å²) < 4.78 is 0. The van der Waals surface area contributed by atoms with Crippen LogP contribution in [0.5, 0.6) is 0 Å². The van der Waals surface area contributed by atoms with Gasteiger partial charge >= 0.3 is 0 Å². The molecule has 9 heteroatoms. The first kappa shape index (κ1) is 23.9. The second-order valence-electron chi connectivity index (χ2n) is 8.34. The van der Waals surface area contributed by atoms with Gasteiger partial charge in [-0.2, -0.15) is 0 Å². The predicted molar refractivity (Wildman–Crippen MR) is 104 cm³/mol. The summed E-state index contributed by atoms with van der Waals surface area (Å²) in [6, 6.07) is -3.87. The third-order valence-corrected chi connectivity index (χ3v) is 4.49. The normalized spacial score (nSPS) is 28.6. The van der Waals surface area contributed by atoms with Gasteiger partial charge in [-0.25, -0.2) is 0 Å². The molecule has 1 fully saturated rings. The van der Waals surface area contributed by atoms with Gasteiger partial charge in [0.25, 0.3) is 0 Å². The molecule has 0 aromatic heterocycles. The van der Waals surface area contributed by atoms with Crippen LogP contribution in [0.4, 0.5) is 0 Å². The van der Waals surface area contributed by atoms with Crippen molar-refractivity contribution in [2.45, 2.75) is 84.7 Å². The van der Waals surface area contributed by atoms with E-state index in [2.05, 4.69) is 21.3 Å². The third-order valence-electron chi connectivity index (χ3n) is 4.49. The van der Waals surface area contributed by atoms with Crippen LogP contribution in [0.15, 0.2) is 0 Å². The molecule has 5 N–H and O–H groups in total. The summed E-state index contributed by atoms with van der Waals surface area (Å²) in [5.74, 6) is -1.94. The standard InChI is InChI=1S/C19H34N4O5/c1-9(2)7-13-17(26)22-14(8-10(3)4)18(27)23-15(12(6)24)19(28)20-11(5)16(25)21-13/h9-15,24H,7-8H2,1-6H3,(H,20,28)(H,21,25)(H,22,26)(H,23,27)/t11-,12+,13-,14-,15-/m0/s1. The van der Waals surface area contributed by atoms with E-state index in [1.807, 2.05) is 27.7 Å². The highest BCUT2D eigenvalue weighted by molar-refractivity contribution is 5.97. The fourth-order valence-electron chi connectivity index (χ4n) is 3.00. The molecule has 0 radical (unpaired) electrons. The predicted octanol–water partition coefficient (Wildman–Crippen LogP) is -0.568. The number of aliphatic hydroxyl groups is 1. The molecule has 1 aliphatic rings. The minimum absolute atomic E-state index is 0.0981. The Morgan fingerprint density at radius 2 is 1.14 bits per heavy atom. The number of carbonyl (C=O) groups excluding carboxylic acids is 4. The lowest BCUT2D eigenvalue weighted by molar-refractivity contribution is -0.138. The van der Waals surface area contributed by atoms with Crippen LogP contribution in [0.1, 0.15) is 54.4 Å². The third kappa shape index (κ3) is 7.10. The van der Waals surface area contributed by atoms with E-state index in [9.17, 15) is 24.3 Å². The number of rotatable bonds is 5. The van der Waals surface area contributed by atoms with Crippen molar-refractivity contribution >= 4 is 23.6 Å². The number of hydrogen-bond donors (Lipinski definition) is 5. The number of nitrogens with one attached hydrogen (secondary N) is 4. The summed E-state index contributed by atoms with van der Waals surface area (Å²) in [6.07, 6.45) is -0.430. The van der Waals surface area contributed by atoms with Crippen LogP contribution in [0.25, 0.3) is 0 Å². The number of hydrogen-bond acceptors (Lipinski definition) is 5. The van der Waals surface area contributed by atoms with Gasteiger partial charge < -0.3 is 26.4 Å². The molecule has 0 bridgehead atoms. The van der Waals surface area contributed by atoms with E-state index >= 15 is 0 Å². The van der Waals surface area contributed by atoms with E-state index in [-0.39, 0.29) is 11.8 Å². The fourth-order valence-corrected chi connectivity index (χ4v) is 3.00. The quantitative estimate of drug-likeness (QED) is 0.422. The molecular formula is C19H34N4O5. The van der Waals surface area contributed by atoms with Crippen LogP contribution in [-0.2, 0) is 19.2 Å². The van der Waals surface area contributed by atoms with Crippen molar-refractivity contribution in [1.82, 2.24) is 21.3 Å². The second kappa shape index (κ2) is 10.4. The van der Waals surface area contributed by atoms with E-state index in [1.165, 1.54) is 13.8 Å². The van der Waals surface area contributed by atoms with Crippen LogP contribution < -0.4 is 21.3 Å². The van der Waals surface area contributed by atoms with Crippen molar-refractivity contribution in [2.75, 3.05) is 0 Å². The Morgan fingerprint density at radius 3 is 1.57 bits per heavy atom. The smallest absolute Gasteiger partial charge is 0.245 e. The van der Waals surface area contributed by atoms with E-state index < -0.39 is 53.9 Å². The van der Waals surface area contributed by atoms with Gasteiger partial charge in [0, 0.05) is 0 Å². The van der Waals surface area contributed by atoms with E-state index in [1.54, 1.807) is 0 Å². The topological polar surface area (TPSA) is 137 Å². The molecule has 4 amide bonds. The Kier molecular flexibility index (Phi) is 8.87. The molecule has 0 saturated carbocycles. The molecule has 5 atom stereocenters. The first-order valence-corrected chi connectivity index (χ1v) is 9.81. The van der Waals surface area contributed by atoms with Crippen molar-refractivity contribution in [3.63, 3.8) is 0 Å². The molecule has 1 aliphatic heterocycles. The van der Waals surface area contributed by atoms with Crippen LogP contribution >= 0.6 is 0 Å². The van der Waals surface area contributed by atoms with Crippen molar-refractivity contribution in [3.8, 4) is 0 Å². The monoisotopic (exact) mass is 398 g/mol. The SMILES string of the molecule is CC(C)C[C@@H]1NC(=O)[C@H](C)NC(=O)[C@H]([C@@H](C)O)NC(=O)[C@H](CC(C)C)NC1=O. The summed E-state index contributed by atoms with van der Waals surface area (Å²) in [5.41, 5.74) is 0. The van der Waals surface area contributed by atoms with Gasteiger partial charge in [0.05, 0.1) is 6.10 Å². The van der Waals surface area contributed by atoms with Gasteiger partial charge in [0.2, 0.25) is 23.6 Å². The molecule has 1 rings (SSSR count). The van der Waals surface area contributed by atoms with Crippen molar-refractivity contribution < 1.29 is 24.3 Å². The number of amides is 4. The molecular weight excluding hydrogens is 364 g/mol. The minimum atomic E-state index is -1.24. The molecule has 0 unspecified atom stereocenters. The highest BCUT2D eigenvalue weighted by Gasteiger charge is 2.34. The first-order valence-electron chi connectivity index (χ1n) is 9.81. The highest BCUT2D eigenvalue weighted by atomic mass is 16.3. The van der Waals surface area contributed by atoms with Gasteiger partial charge in [-0.1, -0.05) is 27.7 Å². The summed E-state index contributed by atoms with van der Waals surface area (Å²) in [7, 11) is 0. The molecule has 0 spiro atoms. The maximum Gasteiger partial charge on any atom is 0.245 e. The molecule has 0 aromatic carbocycles. The highest BCUT2D eigenvalue weighted by Crippen LogP contribution is 2.10. The molecule has 1 saturated heterocycles. The fraction of sp³-hybridized carbons (Fsp3) is 0.789. The van der Waals surface area contributed by atoms with Gasteiger partial charge in [-0.05, 0) is 38.5 Å². The molecule has 9 nitrogen and oxygen atoms in total. The van der Waals surface area contributed by atoms with Crippen LogP contribution in [0.2, 0.25) is 0 Å². The lowest BCUT2D eigenvalue weighted by Crippen LogP contribution is -2.63. The molecule has 1 heterocycles. The molecule has 28 heavy (non-hydrogen) atoms. The molecule has 0 aliphatic carbocycles. The van der Waals surface area contributed by atoms with E-state index in [0.717, 1.165) is 0 Å². The Balaban J connectivity index is 3.23. The van der Waals surface area contributed by atoms with Crippen molar-refractivity contribution in [1.29, 1.82) is 0 Å². The van der Waals surface area contributed by atoms with Crippen molar-refractivity contribution in [2.24, 2.45) is 11.8 Å². The van der Waals surface area contributed by atoms with Crippen LogP contribution in [-0.4, -0.2) is 59.0 Å². The first-order chi connectivity index (χ1) is 12.9. The maximum absolute atomic E-state index is 12.8. The Labute approximate surface area is 166 Å². The van der Waals surface area contributed by atoms with Gasteiger partial charge in [-0.3, -0.25) is 19.2 Å². The zero-order valence-electron chi connectivity index (χ0n) is 17.5. The average molecular weight is 399 g/mol. The number of carbonyl (C=O) groups is 4. The lowest BCUT2D eigenvalue weighted by atomic mass is 9.99. The van der Waals surface area contributed by atoms with Gasteiger partial charge in [0.1, 0.15) is 24.2 Å². The van der Waals surface area contributed by atoms with E-state index in [0.29, 0.717) is 12.8 Å². The summed E-state index contributed by atoms with van der Waals surface area (Å²) in [5, 5.41) is 20.3. The van der Waals surface area contributed by atoms with Crippen LogP contribution in [0.3, 0.4) is 0 Å². The largest absolute Gasteiger partial charge is 0.391 e. The molecule has 0 aromatic rings. The van der Waals surface area contributed by atoms with Crippen LogP contribution in [0, 0.1) is 11.8 Å². The molecule has 160 valence electrons.